The van der Waals surface area contributed by atoms with Gasteiger partial charge < -0.3 is 9.30 Å². The predicted octanol–water partition coefficient (Wildman–Crippen LogP) is 3.32. The molecule has 0 saturated carbocycles. The Hall–Kier alpha value is -2.73. The summed E-state index contributed by atoms with van der Waals surface area (Å²) < 4.78 is 7.73. The second-order valence-corrected chi connectivity index (χ2v) is 6.54. The maximum absolute atomic E-state index is 12.5. The summed E-state index contributed by atoms with van der Waals surface area (Å²) in [6.07, 6.45) is 0. The molecule has 6 heteroatoms. The number of esters is 1. The van der Waals surface area contributed by atoms with Gasteiger partial charge >= 0.3 is 5.97 Å². The first kappa shape index (κ1) is 17.1. The van der Waals surface area contributed by atoms with E-state index in [-0.39, 0.29) is 18.4 Å². The Morgan fingerprint density at radius 1 is 1.16 bits per heavy atom. The summed E-state index contributed by atoms with van der Waals surface area (Å²) in [5, 5.41) is 0. The van der Waals surface area contributed by atoms with Crippen molar-refractivity contribution in [1.82, 2.24) is 4.57 Å². The zero-order chi connectivity index (χ0) is 17.8. The van der Waals surface area contributed by atoms with Gasteiger partial charge in [-0.25, -0.2) is 0 Å². The summed E-state index contributed by atoms with van der Waals surface area (Å²) in [6.45, 7) is 4.03. The van der Waals surface area contributed by atoms with Crippen molar-refractivity contribution >= 4 is 33.4 Å². The smallest absolute Gasteiger partial charge is 0.326 e. The molecule has 0 fully saturated rings. The van der Waals surface area contributed by atoms with E-state index in [1.165, 1.54) is 11.3 Å². The Bertz CT molecular complexity index is 1000. The molecule has 0 unspecified atom stereocenters. The lowest BCUT2D eigenvalue weighted by Crippen LogP contribution is -2.23. The number of thiazole rings is 1. The number of carbonyl (C=O) groups is 2. The number of aromatic nitrogens is 1. The van der Waals surface area contributed by atoms with Gasteiger partial charge in [-0.15, -0.1) is 0 Å². The van der Waals surface area contributed by atoms with E-state index in [2.05, 4.69) is 4.99 Å². The molecule has 25 heavy (non-hydrogen) atoms. The average molecular weight is 354 g/mol. The second-order valence-electron chi connectivity index (χ2n) is 5.53. The molecule has 3 rings (SSSR count). The minimum Gasteiger partial charge on any atom is -0.465 e. The van der Waals surface area contributed by atoms with Crippen LogP contribution in [0.15, 0.2) is 53.5 Å². The molecule has 0 N–H and O–H groups in total. The monoisotopic (exact) mass is 354 g/mol. The third-order valence-corrected chi connectivity index (χ3v) is 4.70. The average Bonchev–Trinajstić information content (AvgIpc) is 2.92. The lowest BCUT2D eigenvalue weighted by molar-refractivity contribution is -0.143. The van der Waals surface area contributed by atoms with Gasteiger partial charge in [0.05, 0.1) is 16.8 Å². The molecule has 0 aliphatic carbocycles. The second kappa shape index (κ2) is 7.44. The van der Waals surface area contributed by atoms with Crippen LogP contribution in [-0.4, -0.2) is 23.1 Å². The summed E-state index contributed by atoms with van der Waals surface area (Å²) >= 11 is 1.38. The SMILES string of the molecule is CCOC(=O)Cn1/c(=N/C(=O)c2cccc(C)c2)sc2ccccc21. The van der Waals surface area contributed by atoms with E-state index in [0.717, 1.165) is 15.8 Å². The minimum absolute atomic E-state index is 0.0256. The van der Waals surface area contributed by atoms with Crippen LogP contribution in [0.25, 0.3) is 10.2 Å². The number of aryl methyl sites for hydroxylation is 1. The molecule has 0 aliphatic heterocycles. The lowest BCUT2D eigenvalue weighted by Gasteiger charge is -2.05. The van der Waals surface area contributed by atoms with Crippen LogP contribution in [0.4, 0.5) is 0 Å². The Kier molecular flexibility index (Phi) is 5.09. The molecule has 128 valence electrons. The van der Waals surface area contributed by atoms with Gasteiger partial charge in [0.2, 0.25) is 0 Å². The fourth-order valence-corrected chi connectivity index (χ4v) is 3.55. The molecule has 0 saturated heterocycles. The van der Waals surface area contributed by atoms with E-state index in [1.54, 1.807) is 23.6 Å². The van der Waals surface area contributed by atoms with Gasteiger partial charge in [-0.3, -0.25) is 9.59 Å². The van der Waals surface area contributed by atoms with E-state index in [9.17, 15) is 9.59 Å². The van der Waals surface area contributed by atoms with Crippen molar-refractivity contribution in [2.75, 3.05) is 6.61 Å². The van der Waals surface area contributed by atoms with Crippen LogP contribution in [-0.2, 0) is 16.1 Å². The molecular formula is C19H18N2O3S. The quantitative estimate of drug-likeness (QED) is 0.675. The summed E-state index contributed by atoms with van der Waals surface area (Å²) in [5.41, 5.74) is 2.38. The topological polar surface area (TPSA) is 60.7 Å². The van der Waals surface area contributed by atoms with Gasteiger partial charge in [0.15, 0.2) is 4.80 Å². The Labute approximate surface area is 149 Å². The van der Waals surface area contributed by atoms with Crippen LogP contribution in [0.1, 0.15) is 22.8 Å². The number of hydrogen-bond acceptors (Lipinski definition) is 4. The van der Waals surface area contributed by atoms with Crippen LogP contribution < -0.4 is 4.80 Å². The number of ether oxygens (including phenoxy) is 1. The molecular weight excluding hydrogens is 336 g/mol. The maximum Gasteiger partial charge on any atom is 0.326 e. The van der Waals surface area contributed by atoms with Crippen molar-refractivity contribution in [1.29, 1.82) is 0 Å². The number of para-hydroxylation sites is 1. The van der Waals surface area contributed by atoms with Crippen molar-refractivity contribution in [2.24, 2.45) is 4.99 Å². The van der Waals surface area contributed by atoms with Crippen molar-refractivity contribution < 1.29 is 14.3 Å². The van der Waals surface area contributed by atoms with Gasteiger partial charge in [0.25, 0.3) is 5.91 Å². The van der Waals surface area contributed by atoms with Gasteiger partial charge in [0.1, 0.15) is 6.54 Å². The molecule has 5 nitrogen and oxygen atoms in total. The molecule has 1 amide bonds. The van der Waals surface area contributed by atoms with Gasteiger partial charge in [-0.2, -0.15) is 4.99 Å². The predicted molar refractivity (Wildman–Crippen MR) is 97.5 cm³/mol. The third kappa shape index (κ3) is 3.85. The van der Waals surface area contributed by atoms with E-state index >= 15 is 0 Å². The number of nitrogens with zero attached hydrogens (tertiary/aromatic N) is 2. The molecule has 0 atom stereocenters. The highest BCUT2D eigenvalue weighted by Crippen LogP contribution is 2.17. The number of carbonyl (C=O) groups excluding carboxylic acids is 2. The number of benzene rings is 2. The summed E-state index contributed by atoms with van der Waals surface area (Å²) in [4.78, 5) is 29.2. The highest BCUT2D eigenvalue weighted by atomic mass is 32.1. The van der Waals surface area contributed by atoms with E-state index in [0.29, 0.717) is 17.0 Å². The third-order valence-electron chi connectivity index (χ3n) is 3.64. The molecule has 2 aromatic carbocycles. The minimum atomic E-state index is -0.351. The fourth-order valence-electron chi connectivity index (χ4n) is 2.52. The molecule has 1 heterocycles. The van der Waals surface area contributed by atoms with Crippen LogP contribution in [0, 0.1) is 6.92 Å². The van der Waals surface area contributed by atoms with Crippen LogP contribution >= 0.6 is 11.3 Å². The molecule has 0 bridgehead atoms. The number of fused-ring (bicyclic) bond motifs is 1. The lowest BCUT2D eigenvalue weighted by atomic mass is 10.1. The van der Waals surface area contributed by atoms with Crippen LogP contribution in [0.5, 0.6) is 0 Å². The molecule has 0 radical (unpaired) electrons. The first-order valence-electron chi connectivity index (χ1n) is 7.98. The zero-order valence-electron chi connectivity index (χ0n) is 14.1. The summed E-state index contributed by atoms with van der Waals surface area (Å²) in [6, 6.07) is 14.9. The zero-order valence-corrected chi connectivity index (χ0v) is 14.9. The van der Waals surface area contributed by atoms with Crippen molar-refractivity contribution in [3.05, 3.63) is 64.5 Å². The normalized spacial score (nSPS) is 11.7. The Morgan fingerprint density at radius 2 is 1.96 bits per heavy atom. The highest BCUT2D eigenvalue weighted by Gasteiger charge is 2.12. The maximum atomic E-state index is 12.5. The van der Waals surface area contributed by atoms with E-state index in [4.69, 9.17) is 4.74 Å². The summed E-state index contributed by atoms with van der Waals surface area (Å²) in [5.74, 6) is -0.677. The molecule has 0 spiro atoms. The molecule has 3 aromatic rings. The number of amides is 1. The highest BCUT2D eigenvalue weighted by molar-refractivity contribution is 7.16. The van der Waals surface area contributed by atoms with Gasteiger partial charge in [-0.05, 0) is 38.1 Å². The Balaban J connectivity index is 2.08. The molecule has 1 aromatic heterocycles. The van der Waals surface area contributed by atoms with E-state index < -0.39 is 0 Å². The van der Waals surface area contributed by atoms with Crippen molar-refractivity contribution in [3.8, 4) is 0 Å². The first-order chi connectivity index (χ1) is 12.1. The fraction of sp³-hybridized carbons (Fsp3) is 0.211. The van der Waals surface area contributed by atoms with Crippen LogP contribution in [0.3, 0.4) is 0 Å². The molecule has 0 aliphatic rings. The Morgan fingerprint density at radius 3 is 2.72 bits per heavy atom. The number of rotatable bonds is 4. The van der Waals surface area contributed by atoms with E-state index in [1.807, 2.05) is 43.3 Å². The number of hydrogen-bond donors (Lipinski definition) is 0. The summed E-state index contributed by atoms with van der Waals surface area (Å²) in [7, 11) is 0. The van der Waals surface area contributed by atoms with Crippen LogP contribution in [0.2, 0.25) is 0 Å². The first-order valence-corrected chi connectivity index (χ1v) is 8.80. The standard InChI is InChI=1S/C19H18N2O3S/c1-3-24-17(22)12-21-15-9-4-5-10-16(15)25-19(21)20-18(23)14-8-6-7-13(2)11-14/h4-11H,3,12H2,1-2H3/b20-19-. The largest absolute Gasteiger partial charge is 0.465 e. The van der Waals surface area contributed by atoms with Gasteiger partial charge in [-0.1, -0.05) is 41.2 Å². The van der Waals surface area contributed by atoms with Crippen molar-refractivity contribution in [2.45, 2.75) is 20.4 Å². The van der Waals surface area contributed by atoms with Gasteiger partial charge in [0, 0.05) is 5.56 Å². The van der Waals surface area contributed by atoms with Crippen molar-refractivity contribution in [3.63, 3.8) is 0 Å².